The van der Waals surface area contributed by atoms with Crippen LogP contribution in [0.1, 0.15) is 11.1 Å². The van der Waals surface area contributed by atoms with Crippen molar-refractivity contribution in [2.24, 2.45) is 0 Å². The van der Waals surface area contributed by atoms with Gasteiger partial charge in [-0.25, -0.2) is 0 Å². The Labute approximate surface area is 163 Å². The summed E-state index contributed by atoms with van der Waals surface area (Å²) in [4.78, 5) is 12.4. The molecular weight excluding hydrogens is 364 g/mol. The third kappa shape index (κ3) is 5.13. The van der Waals surface area contributed by atoms with Crippen LogP contribution in [0.15, 0.2) is 54.6 Å². The highest BCUT2D eigenvalue weighted by molar-refractivity contribution is 6.31. The van der Waals surface area contributed by atoms with Crippen molar-refractivity contribution in [3.63, 3.8) is 0 Å². The van der Waals surface area contributed by atoms with Gasteiger partial charge in [-0.2, -0.15) is 5.26 Å². The van der Waals surface area contributed by atoms with E-state index >= 15 is 0 Å². The molecule has 0 aliphatic carbocycles. The van der Waals surface area contributed by atoms with Crippen LogP contribution >= 0.6 is 11.6 Å². The summed E-state index contributed by atoms with van der Waals surface area (Å²) in [6.07, 6.45) is 3.79. The minimum Gasteiger partial charge on any atom is -0.493 e. The van der Waals surface area contributed by atoms with Crippen molar-refractivity contribution in [2.75, 3.05) is 19.5 Å². The first-order valence-electron chi connectivity index (χ1n) is 8.06. The molecule has 1 amide bonds. The summed E-state index contributed by atoms with van der Waals surface area (Å²) in [5.74, 6) is 0.576. The third-order valence-corrected chi connectivity index (χ3v) is 3.94. The normalized spacial score (nSPS) is 10.7. The fraction of sp³-hybridized carbons (Fsp3) is 0.143. The molecule has 6 heteroatoms. The maximum atomic E-state index is 12.4. The molecule has 0 atom stereocenters. The fourth-order valence-corrected chi connectivity index (χ4v) is 2.73. The summed E-state index contributed by atoms with van der Waals surface area (Å²) in [6.45, 7) is 3.74. The second-order valence-corrected chi connectivity index (χ2v) is 5.98. The van der Waals surface area contributed by atoms with Crippen molar-refractivity contribution in [2.45, 2.75) is 6.42 Å². The first-order valence-corrected chi connectivity index (χ1v) is 8.44. The Morgan fingerprint density at radius 3 is 2.67 bits per heavy atom. The van der Waals surface area contributed by atoms with Gasteiger partial charge in [0.1, 0.15) is 11.6 Å². The quantitative estimate of drug-likeness (QED) is 0.430. The zero-order chi connectivity index (χ0) is 19.8. The predicted octanol–water partition coefficient (Wildman–Crippen LogP) is 4.63. The standard InChI is InChI=1S/C21H19ClN2O3/c1-4-6-15-9-14(11-19(26-2)20(15)27-3)10-16(13-23)21(25)24-18-8-5-7-17(22)12-18/h4-5,7-12H,1,6H2,2-3H3,(H,24,25)/b16-10+. The van der Waals surface area contributed by atoms with Crippen LogP contribution < -0.4 is 14.8 Å². The minimum absolute atomic E-state index is 0.0493. The van der Waals surface area contributed by atoms with E-state index in [-0.39, 0.29) is 5.57 Å². The van der Waals surface area contributed by atoms with Crippen LogP contribution in [-0.4, -0.2) is 20.1 Å². The Bertz CT molecular complexity index is 930. The molecule has 0 aliphatic heterocycles. The predicted molar refractivity (Wildman–Crippen MR) is 107 cm³/mol. The molecule has 0 unspecified atom stereocenters. The number of nitrogens with zero attached hydrogens (tertiary/aromatic N) is 1. The number of nitriles is 1. The molecule has 0 aromatic heterocycles. The smallest absolute Gasteiger partial charge is 0.266 e. The Balaban J connectivity index is 2.38. The lowest BCUT2D eigenvalue weighted by Gasteiger charge is -2.13. The number of hydrogen-bond donors (Lipinski definition) is 1. The van der Waals surface area contributed by atoms with Crippen LogP contribution in [0.25, 0.3) is 6.08 Å². The first-order chi connectivity index (χ1) is 13.0. The largest absolute Gasteiger partial charge is 0.493 e. The van der Waals surface area contributed by atoms with Crippen LogP contribution in [0.3, 0.4) is 0 Å². The van der Waals surface area contributed by atoms with E-state index in [9.17, 15) is 10.1 Å². The van der Waals surface area contributed by atoms with Gasteiger partial charge < -0.3 is 14.8 Å². The van der Waals surface area contributed by atoms with Crippen molar-refractivity contribution >= 4 is 29.3 Å². The monoisotopic (exact) mass is 382 g/mol. The number of allylic oxidation sites excluding steroid dienone is 1. The van der Waals surface area contributed by atoms with E-state index in [1.807, 2.05) is 12.1 Å². The molecule has 0 aliphatic rings. The number of hydrogen-bond acceptors (Lipinski definition) is 4. The minimum atomic E-state index is -0.528. The van der Waals surface area contributed by atoms with E-state index in [2.05, 4.69) is 11.9 Å². The van der Waals surface area contributed by atoms with Gasteiger partial charge in [-0.15, -0.1) is 6.58 Å². The van der Waals surface area contributed by atoms with Gasteiger partial charge in [0.2, 0.25) is 0 Å². The zero-order valence-electron chi connectivity index (χ0n) is 15.1. The van der Waals surface area contributed by atoms with Crippen molar-refractivity contribution in [3.05, 3.63) is 70.8 Å². The highest BCUT2D eigenvalue weighted by atomic mass is 35.5. The Morgan fingerprint density at radius 2 is 2.07 bits per heavy atom. The molecule has 2 aromatic rings. The average Bonchev–Trinajstić information content (AvgIpc) is 2.65. The number of nitrogens with one attached hydrogen (secondary N) is 1. The number of carbonyl (C=O) groups is 1. The van der Waals surface area contributed by atoms with E-state index < -0.39 is 5.91 Å². The van der Waals surface area contributed by atoms with Crippen LogP contribution in [-0.2, 0) is 11.2 Å². The number of rotatable bonds is 7. The summed E-state index contributed by atoms with van der Waals surface area (Å²) in [7, 11) is 3.08. The summed E-state index contributed by atoms with van der Waals surface area (Å²) in [5.41, 5.74) is 1.94. The van der Waals surface area contributed by atoms with Gasteiger partial charge in [0.25, 0.3) is 5.91 Å². The van der Waals surface area contributed by atoms with Gasteiger partial charge in [-0.3, -0.25) is 4.79 Å². The van der Waals surface area contributed by atoms with E-state index in [1.165, 1.54) is 13.2 Å². The summed E-state index contributed by atoms with van der Waals surface area (Å²) in [5, 5.41) is 12.6. The fourth-order valence-electron chi connectivity index (χ4n) is 2.54. The maximum absolute atomic E-state index is 12.4. The second-order valence-electron chi connectivity index (χ2n) is 5.54. The summed E-state index contributed by atoms with van der Waals surface area (Å²) < 4.78 is 10.8. The molecule has 0 saturated carbocycles. The van der Waals surface area contributed by atoms with Crippen LogP contribution in [0.2, 0.25) is 5.02 Å². The lowest BCUT2D eigenvalue weighted by atomic mass is 10.0. The van der Waals surface area contributed by atoms with E-state index in [4.69, 9.17) is 21.1 Å². The molecule has 0 fully saturated rings. The lowest BCUT2D eigenvalue weighted by molar-refractivity contribution is -0.112. The highest BCUT2D eigenvalue weighted by Crippen LogP contribution is 2.34. The Hall–Kier alpha value is -3.23. The number of methoxy groups -OCH3 is 2. The molecule has 27 heavy (non-hydrogen) atoms. The van der Waals surface area contributed by atoms with Gasteiger partial charge in [-0.05, 0) is 48.4 Å². The Kier molecular flexibility index (Phi) is 7.04. The van der Waals surface area contributed by atoms with Gasteiger partial charge in [0.05, 0.1) is 14.2 Å². The molecule has 5 nitrogen and oxygen atoms in total. The second kappa shape index (κ2) is 9.46. The van der Waals surface area contributed by atoms with E-state index in [1.54, 1.807) is 43.5 Å². The van der Waals surface area contributed by atoms with E-state index in [0.717, 1.165) is 5.56 Å². The third-order valence-electron chi connectivity index (χ3n) is 3.70. The van der Waals surface area contributed by atoms with E-state index in [0.29, 0.717) is 34.2 Å². The summed E-state index contributed by atoms with van der Waals surface area (Å²) >= 11 is 5.92. The number of benzene rings is 2. The van der Waals surface area contributed by atoms with Crippen molar-refractivity contribution in [1.82, 2.24) is 0 Å². The molecule has 2 rings (SSSR count). The molecule has 138 valence electrons. The zero-order valence-corrected chi connectivity index (χ0v) is 15.8. The number of amides is 1. The van der Waals surface area contributed by atoms with Crippen LogP contribution in [0.4, 0.5) is 5.69 Å². The van der Waals surface area contributed by atoms with Crippen molar-refractivity contribution in [3.8, 4) is 17.6 Å². The van der Waals surface area contributed by atoms with Gasteiger partial charge in [0.15, 0.2) is 11.5 Å². The number of ether oxygens (including phenoxy) is 2. The van der Waals surface area contributed by atoms with Gasteiger partial charge in [-0.1, -0.05) is 23.7 Å². The molecule has 0 radical (unpaired) electrons. The molecule has 0 bridgehead atoms. The van der Waals surface area contributed by atoms with Gasteiger partial charge in [0, 0.05) is 16.3 Å². The first kappa shape index (κ1) is 20.1. The number of halogens is 1. The summed E-state index contributed by atoms with van der Waals surface area (Å²) in [6, 6.07) is 12.2. The number of carbonyl (C=O) groups excluding carboxylic acids is 1. The molecule has 1 N–H and O–H groups in total. The van der Waals surface area contributed by atoms with Crippen molar-refractivity contribution in [1.29, 1.82) is 5.26 Å². The molecule has 0 spiro atoms. The van der Waals surface area contributed by atoms with Gasteiger partial charge >= 0.3 is 0 Å². The molecule has 0 saturated heterocycles. The van der Waals surface area contributed by atoms with Crippen LogP contribution in [0.5, 0.6) is 11.5 Å². The molecule has 0 heterocycles. The Morgan fingerprint density at radius 1 is 1.30 bits per heavy atom. The average molecular weight is 383 g/mol. The highest BCUT2D eigenvalue weighted by Gasteiger charge is 2.14. The molecule has 2 aromatic carbocycles. The number of anilines is 1. The SMILES string of the molecule is C=CCc1cc(/C=C(\C#N)C(=O)Nc2cccc(Cl)c2)cc(OC)c1OC. The van der Waals surface area contributed by atoms with Crippen molar-refractivity contribution < 1.29 is 14.3 Å². The lowest BCUT2D eigenvalue weighted by Crippen LogP contribution is -2.13. The topological polar surface area (TPSA) is 71.4 Å². The maximum Gasteiger partial charge on any atom is 0.266 e. The molecular formula is C21H19ClN2O3. The van der Waals surface area contributed by atoms with Crippen LogP contribution in [0, 0.1) is 11.3 Å².